The van der Waals surface area contributed by atoms with Gasteiger partial charge >= 0.3 is 0 Å². The predicted molar refractivity (Wildman–Crippen MR) is 82.6 cm³/mol. The van der Waals surface area contributed by atoms with Gasteiger partial charge in [0.1, 0.15) is 11.5 Å². The molecule has 0 saturated carbocycles. The van der Waals surface area contributed by atoms with Gasteiger partial charge in [-0.3, -0.25) is 4.79 Å². The van der Waals surface area contributed by atoms with Crippen molar-refractivity contribution in [3.8, 4) is 0 Å². The third kappa shape index (κ3) is 3.85. The number of aryl methyl sites for hydroxylation is 2. The van der Waals surface area contributed by atoms with E-state index in [1.807, 2.05) is 38.2 Å². The Morgan fingerprint density at radius 2 is 1.85 bits per heavy atom. The highest BCUT2D eigenvalue weighted by Crippen LogP contribution is 2.16. The highest BCUT2D eigenvalue weighted by Gasteiger charge is 2.13. The van der Waals surface area contributed by atoms with E-state index in [0.29, 0.717) is 11.3 Å². The molecule has 4 nitrogen and oxygen atoms in total. The molecule has 1 aromatic heterocycles. The quantitative estimate of drug-likeness (QED) is 0.910. The van der Waals surface area contributed by atoms with Gasteiger partial charge in [0, 0.05) is 12.2 Å². The molecule has 2 N–H and O–H groups in total. The van der Waals surface area contributed by atoms with Crippen LogP contribution in [-0.4, -0.2) is 13.0 Å². The summed E-state index contributed by atoms with van der Waals surface area (Å²) in [5, 5.41) is 5.94. The molecule has 5 heteroatoms. The summed E-state index contributed by atoms with van der Waals surface area (Å²) >= 11 is 0. The molecule has 0 radical (unpaired) electrons. The fraction of sp³-hybridized carbons (Fsp3) is 0.267. The van der Waals surface area contributed by atoms with Crippen molar-refractivity contribution in [2.24, 2.45) is 0 Å². The van der Waals surface area contributed by atoms with E-state index in [1.54, 1.807) is 13.0 Å². The van der Waals surface area contributed by atoms with Crippen molar-refractivity contribution in [1.82, 2.24) is 5.32 Å². The van der Waals surface area contributed by atoms with E-state index in [-0.39, 0.29) is 18.3 Å². The molecular weight excluding hydrogens is 276 g/mol. The van der Waals surface area contributed by atoms with Crippen molar-refractivity contribution in [3.05, 3.63) is 53.0 Å². The summed E-state index contributed by atoms with van der Waals surface area (Å²) in [7, 11) is 1.90. The second-order valence-corrected chi connectivity index (χ2v) is 4.51. The fourth-order valence-corrected chi connectivity index (χ4v) is 1.96. The smallest absolute Gasteiger partial charge is 0.259 e. The number of furan rings is 1. The standard InChI is InChI=1S/C15H18N2O2.ClH/c1-10-8-14(11(2)19-10)15(18)17-13-6-4-12(5-7-13)9-16-3;/h4-8,16H,9H2,1-3H3,(H,17,18);1H. The molecule has 20 heavy (non-hydrogen) atoms. The molecule has 108 valence electrons. The van der Waals surface area contributed by atoms with Crippen LogP contribution < -0.4 is 10.6 Å². The van der Waals surface area contributed by atoms with Gasteiger partial charge < -0.3 is 15.1 Å². The molecule has 1 aromatic carbocycles. The number of anilines is 1. The average molecular weight is 295 g/mol. The number of carbonyl (C=O) groups excluding carboxylic acids is 1. The van der Waals surface area contributed by atoms with E-state index >= 15 is 0 Å². The number of halogens is 1. The van der Waals surface area contributed by atoms with Gasteiger partial charge in [0.05, 0.1) is 5.56 Å². The van der Waals surface area contributed by atoms with Crippen LogP contribution in [0, 0.1) is 13.8 Å². The molecule has 0 bridgehead atoms. The zero-order valence-corrected chi connectivity index (χ0v) is 12.6. The first-order valence-corrected chi connectivity index (χ1v) is 6.22. The minimum Gasteiger partial charge on any atom is -0.466 e. The Morgan fingerprint density at radius 1 is 1.20 bits per heavy atom. The summed E-state index contributed by atoms with van der Waals surface area (Å²) < 4.78 is 5.36. The monoisotopic (exact) mass is 294 g/mol. The van der Waals surface area contributed by atoms with E-state index in [1.165, 1.54) is 5.56 Å². The third-order valence-corrected chi connectivity index (χ3v) is 2.88. The minimum atomic E-state index is -0.143. The van der Waals surface area contributed by atoms with Crippen LogP contribution in [0.25, 0.3) is 0 Å². The van der Waals surface area contributed by atoms with Crippen molar-refractivity contribution in [2.75, 3.05) is 12.4 Å². The van der Waals surface area contributed by atoms with E-state index in [0.717, 1.165) is 18.0 Å². The lowest BCUT2D eigenvalue weighted by Gasteiger charge is -2.05. The first-order chi connectivity index (χ1) is 9.10. The third-order valence-electron chi connectivity index (χ3n) is 2.88. The molecule has 0 spiro atoms. The van der Waals surface area contributed by atoms with Crippen molar-refractivity contribution >= 4 is 24.0 Å². The zero-order chi connectivity index (χ0) is 13.8. The molecule has 0 unspecified atom stereocenters. The van der Waals surface area contributed by atoms with Gasteiger partial charge in [-0.1, -0.05) is 12.1 Å². The molecule has 0 fully saturated rings. The maximum Gasteiger partial charge on any atom is 0.259 e. The lowest BCUT2D eigenvalue weighted by Crippen LogP contribution is -2.12. The number of benzene rings is 1. The Bertz CT molecular complexity index is 576. The molecule has 0 aliphatic heterocycles. The van der Waals surface area contributed by atoms with Crippen LogP contribution in [0.1, 0.15) is 27.4 Å². The first-order valence-electron chi connectivity index (χ1n) is 6.22. The van der Waals surface area contributed by atoms with Gasteiger partial charge in [0.2, 0.25) is 0 Å². The molecule has 0 aliphatic carbocycles. The van der Waals surface area contributed by atoms with Crippen LogP contribution in [0.5, 0.6) is 0 Å². The van der Waals surface area contributed by atoms with E-state index in [4.69, 9.17) is 4.42 Å². The van der Waals surface area contributed by atoms with E-state index < -0.39 is 0 Å². The number of hydrogen-bond donors (Lipinski definition) is 2. The molecule has 1 heterocycles. The van der Waals surface area contributed by atoms with Gasteiger partial charge in [0.15, 0.2) is 0 Å². The Balaban J connectivity index is 0.00000200. The summed E-state index contributed by atoms with van der Waals surface area (Å²) in [5.74, 6) is 1.24. The maximum atomic E-state index is 12.1. The number of rotatable bonds is 4. The van der Waals surface area contributed by atoms with Crippen molar-refractivity contribution in [1.29, 1.82) is 0 Å². The lowest BCUT2D eigenvalue weighted by molar-refractivity contribution is 0.102. The summed E-state index contributed by atoms with van der Waals surface area (Å²) in [6.45, 7) is 4.43. The largest absolute Gasteiger partial charge is 0.466 e. The van der Waals surface area contributed by atoms with Crippen molar-refractivity contribution < 1.29 is 9.21 Å². The molecule has 0 aliphatic rings. The van der Waals surface area contributed by atoms with Crippen molar-refractivity contribution in [3.63, 3.8) is 0 Å². The lowest BCUT2D eigenvalue weighted by atomic mass is 10.2. The van der Waals surface area contributed by atoms with Crippen molar-refractivity contribution in [2.45, 2.75) is 20.4 Å². The van der Waals surface area contributed by atoms with E-state index in [9.17, 15) is 4.79 Å². The Morgan fingerprint density at radius 3 is 2.35 bits per heavy atom. The topological polar surface area (TPSA) is 54.3 Å². The maximum absolute atomic E-state index is 12.1. The number of hydrogen-bond acceptors (Lipinski definition) is 3. The van der Waals surface area contributed by atoms with Gasteiger partial charge in [0.25, 0.3) is 5.91 Å². The minimum absolute atomic E-state index is 0. The average Bonchev–Trinajstić information content (AvgIpc) is 2.71. The Labute approximate surface area is 125 Å². The summed E-state index contributed by atoms with van der Waals surface area (Å²) in [4.78, 5) is 12.1. The molecule has 2 rings (SSSR count). The fourth-order valence-electron chi connectivity index (χ4n) is 1.96. The second kappa shape index (κ2) is 7.12. The molecule has 0 saturated heterocycles. The van der Waals surface area contributed by atoms with Gasteiger partial charge in [-0.05, 0) is 44.7 Å². The highest BCUT2D eigenvalue weighted by molar-refractivity contribution is 6.05. The summed E-state index contributed by atoms with van der Waals surface area (Å²) in [6.07, 6.45) is 0. The van der Waals surface area contributed by atoms with Crippen LogP contribution in [0.3, 0.4) is 0 Å². The van der Waals surface area contributed by atoms with Crippen LogP contribution in [0.4, 0.5) is 5.69 Å². The van der Waals surface area contributed by atoms with Gasteiger partial charge in [-0.25, -0.2) is 0 Å². The normalized spacial score (nSPS) is 9.95. The van der Waals surface area contributed by atoms with Gasteiger partial charge in [-0.15, -0.1) is 12.4 Å². The van der Waals surface area contributed by atoms with Crippen LogP contribution in [0.2, 0.25) is 0 Å². The van der Waals surface area contributed by atoms with Crippen LogP contribution in [0.15, 0.2) is 34.7 Å². The number of carbonyl (C=O) groups is 1. The van der Waals surface area contributed by atoms with Gasteiger partial charge in [-0.2, -0.15) is 0 Å². The molecule has 2 aromatic rings. The number of amides is 1. The molecule has 1 amide bonds. The molecular formula is C15H19ClN2O2. The number of nitrogens with one attached hydrogen (secondary N) is 2. The predicted octanol–water partition coefficient (Wildman–Crippen LogP) is 3.29. The summed E-state index contributed by atoms with van der Waals surface area (Å²) in [5.41, 5.74) is 2.54. The highest BCUT2D eigenvalue weighted by atomic mass is 35.5. The molecule has 0 atom stereocenters. The zero-order valence-electron chi connectivity index (χ0n) is 11.8. The second-order valence-electron chi connectivity index (χ2n) is 4.51. The Kier molecular flexibility index (Phi) is 5.80. The SMILES string of the molecule is CNCc1ccc(NC(=O)c2cc(C)oc2C)cc1.Cl. The van der Waals surface area contributed by atoms with Crippen LogP contribution in [-0.2, 0) is 6.54 Å². The first kappa shape index (κ1) is 16.3. The Hall–Kier alpha value is -1.78. The van der Waals surface area contributed by atoms with E-state index in [2.05, 4.69) is 10.6 Å². The summed E-state index contributed by atoms with van der Waals surface area (Å²) in [6, 6.07) is 9.51. The van der Waals surface area contributed by atoms with Crippen LogP contribution >= 0.6 is 12.4 Å².